The normalized spacial score (nSPS) is 26.9. The molecule has 1 aliphatic carbocycles. The van der Waals surface area contributed by atoms with Crippen LogP contribution in [0.4, 0.5) is 0 Å². The summed E-state index contributed by atoms with van der Waals surface area (Å²) in [5, 5.41) is 10.1. The summed E-state index contributed by atoms with van der Waals surface area (Å²) in [6.07, 6.45) is 6.29. The van der Waals surface area contributed by atoms with E-state index >= 15 is 0 Å². The maximum atomic E-state index is 9.38. The van der Waals surface area contributed by atoms with Crippen molar-refractivity contribution in [2.75, 3.05) is 0 Å². The molecule has 0 radical (unpaired) electrons. The summed E-state index contributed by atoms with van der Waals surface area (Å²) in [6, 6.07) is 1.92. The van der Waals surface area contributed by atoms with Gasteiger partial charge in [-0.1, -0.05) is 11.6 Å². The van der Waals surface area contributed by atoms with Crippen LogP contribution in [0.2, 0.25) is 5.02 Å². The highest BCUT2D eigenvalue weighted by Gasteiger charge is 2.28. The highest BCUT2D eigenvalue weighted by Crippen LogP contribution is 2.30. The van der Waals surface area contributed by atoms with Crippen LogP contribution >= 0.6 is 11.6 Å². The van der Waals surface area contributed by atoms with E-state index < -0.39 is 0 Å². The number of nitrogens with zero attached hydrogens (tertiary/aromatic N) is 1. The lowest BCUT2D eigenvalue weighted by atomic mass is 9.78. The van der Waals surface area contributed by atoms with Crippen LogP contribution < -0.4 is 0 Å². The molecule has 2 rings (SSSR count). The number of halogens is 1. The van der Waals surface area contributed by atoms with Crippen molar-refractivity contribution in [3.63, 3.8) is 0 Å². The van der Waals surface area contributed by atoms with Gasteiger partial charge in [0.1, 0.15) is 0 Å². The Hall–Kier alpha value is -0.600. The molecule has 1 saturated carbocycles. The van der Waals surface area contributed by atoms with Gasteiger partial charge in [0.2, 0.25) is 0 Å². The summed E-state index contributed by atoms with van der Waals surface area (Å²) >= 11 is 5.80. The first-order valence-corrected chi connectivity index (χ1v) is 4.91. The number of aromatic nitrogens is 1. The molecule has 1 heterocycles. The summed E-state index contributed by atoms with van der Waals surface area (Å²) in [5.74, 6) is 0.417. The average Bonchev–Trinajstić information content (AvgIpc) is 2.12. The van der Waals surface area contributed by atoms with E-state index in [1.165, 1.54) is 0 Å². The molecule has 2 atom stereocenters. The molecule has 0 bridgehead atoms. The van der Waals surface area contributed by atoms with E-state index in [4.69, 9.17) is 11.6 Å². The zero-order valence-corrected chi connectivity index (χ0v) is 8.04. The average molecular weight is 198 g/mol. The van der Waals surface area contributed by atoms with Crippen LogP contribution in [-0.2, 0) is 6.42 Å². The Morgan fingerprint density at radius 2 is 2.31 bits per heavy atom. The van der Waals surface area contributed by atoms with Crippen molar-refractivity contribution < 1.29 is 5.11 Å². The molecule has 2 unspecified atom stereocenters. The first-order chi connectivity index (χ1) is 6.25. The number of aliphatic hydroxyl groups excluding tert-OH is 1. The molecule has 0 amide bonds. The smallest absolute Gasteiger partial charge is 0.0592 e. The third kappa shape index (κ3) is 2.01. The van der Waals surface area contributed by atoms with Crippen molar-refractivity contribution in [3.8, 4) is 0 Å². The Balaban J connectivity index is 2.01. The molecule has 1 fully saturated rings. The third-order valence-corrected chi connectivity index (χ3v) is 2.84. The largest absolute Gasteiger partial charge is 0.393 e. The highest BCUT2D eigenvalue weighted by molar-refractivity contribution is 6.30. The minimum Gasteiger partial charge on any atom is -0.393 e. The van der Waals surface area contributed by atoms with Crippen LogP contribution in [0, 0.1) is 5.92 Å². The Labute approximate surface area is 82.6 Å². The van der Waals surface area contributed by atoms with E-state index in [9.17, 15) is 5.11 Å². The van der Waals surface area contributed by atoms with Crippen molar-refractivity contribution in [2.45, 2.75) is 25.4 Å². The van der Waals surface area contributed by atoms with Gasteiger partial charge >= 0.3 is 0 Å². The van der Waals surface area contributed by atoms with E-state index in [-0.39, 0.29) is 6.10 Å². The number of rotatable bonds is 2. The molecule has 3 heteroatoms. The van der Waals surface area contributed by atoms with Crippen LogP contribution in [0.15, 0.2) is 18.5 Å². The fourth-order valence-electron chi connectivity index (χ4n) is 1.66. The fraction of sp³-hybridized carbons (Fsp3) is 0.500. The number of hydrogen-bond donors (Lipinski definition) is 1. The number of aliphatic hydroxyl groups is 1. The lowest BCUT2D eigenvalue weighted by Gasteiger charge is -2.32. The van der Waals surface area contributed by atoms with Crippen LogP contribution in [0.5, 0.6) is 0 Å². The first kappa shape index (κ1) is 8.97. The Morgan fingerprint density at radius 3 is 2.85 bits per heavy atom. The molecule has 1 aromatic heterocycles. The van der Waals surface area contributed by atoms with Crippen LogP contribution in [0.25, 0.3) is 0 Å². The maximum Gasteiger partial charge on any atom is 0.0592 e. The Morgan fingerprint density at radius 1 is 1.46 bits per heavy atom. The molecule has 0 aromatic carbocycles. The maximum absolute atomic E-state index is 9.38. The monoisotopic (exact) mass is 197 g/mol. The molecular weight excluding hydrogens is 186 g/mol. The molecule has 2 nitrogen and oxygen atoms in total. The second kappa shape index (κ2) is 3.64. The van der Waals surface area contributed by atoms with Gasteiger partial charge in [0.15, 0.2) is 0 Å². The lowest BCUT2D eigenvalue weighted by molar-refractivity contribution is 0.0244. The van der Waals surface area contributed by atoms with Gasteiger partial charge in [-0.2, -0.15) is 0 Å². The van der Waals surface area contributed by atoms with Crippen molar-refractivity contribution in [1.29, 1.82) is 0 Å². The van der Waals surface area contributed by atoms with E-state index in [2.05, 4.69) is 4.98 Å². The SMILES string of the molecule is OC1CCC1Cc1cncc(Cl)c1. The van der Waals surface area contributed by atoms with Gasteiger partial charge in [-0.25, -0.2) is 0 Å². The summed E-state index contributed by atoms with van der Waals surface area (Å²) in [5.41, 5.74) is 1.12. The molecule has 1 N–H and O–H groups in total. The van der Waals surface area contributed by atoms with E-state index in [0.717, 1.165) is 24.8 Å². The Kier molecular flexibility index (Phi) is 2.51. The lowest BCUT2D eigenvalue weighted by Crippen LogP contribution is -2.32. The fourth-order valence-corrected chi connectivity index (χ4v) is 1.86. The molecule has 0 aliphatic heterocycles. The van der Waals surface area contributed by atoms with Crippen LogP contribution in [-0.4, -0.2) is 16.2 Å². The van der Waals surface area contributed by atoms with Crippen molar-refractivity contribution in [1.82, 2.24) is 4.98 Å². The number of pyridine rings is 1. The van der Waals surface area contributed by atoms with Gasteiger partial charge in [0.25, 0.3) is 0 Å². The predicted octanol–water partition coefficient (Wildman–Crippen LogP) is 2.05. The second-order valence-electron chi connectivity index (χ2n) is 3.62. The minimum absolute atomic E-state index is 0.112. The van der Waals surface area contributed by atoms with Gasteiger partial charge in [-0.3, -0.25) is 4.98 Å². The molecule has 70 valence electrons. The summed E-state index contributed by atoms with van der Waals surface area (Å²) in [4.78, 5) is 4.01. The third-order valence-electron chi connectivity index (χ3n) is 2.64. The zero-order chi connectivity index (χ0) is 9.26. The molecule has 0 spiro atoms. The second-order valence-corrected chi connectivity index (χ2v) is 4.06. The summed E-state index contributed by atoms with van der Waals surface area (Å²) < 4.78 is 0. The van der Waals surface area contributed by atoms with Gasteiger partial charge in [-0.15, -0.1) is 0 Å². The molecule has 1 aromatic rings. The summed E-state index contributed by atoms with van der Waals surface area (Å²) in [7, 11) is 0. The predicted molar refractivity (Wildman–Crippen MR) is 51.7 cm³/mol. The van der Waals surface area contributed by atoms with E-state index in [0.29, 0.717) is 10.9 Å². The van der Waals surface area contributed by atoms with E-state index in [1.54, 1.807) is 6.20 Å². The molecule has 13 heavy (non-hydrogen) atoms. The van der Waals surface area contributed by atoms with Crippen LogP contribution in [0.3, 0.4) is 0 Å². The Bertz CT molecular complexity index is 303. The van der Waals surface area contributed by atoms with Crippen molar-refractivity contribution in [3.05, 3.63) is 29.0 Å². The molecular formula is C10H12ClNO. The highest BCUT2D eigenvalue weighted by atomic mass is 35.5. The van der Waals surface area contributed by atoms with E-state index in [1.807, 2.05) is 12.3 Å². The van der Waals surface area contributed by atoms with Gasteiger partial charge in [0.05, 0.1) is 11.1 Å². The first-order valence-electron chi connectivity index (χ1n) is 4.53. The minimum atomic E-state index is -0.112. The molecule has 1 aliphatic rings. The summed E-state index contributed by atoms with van der Waals surface area (Å²) in [6.45, 7) is 0. The van der Waals surface area contributed by atoms with Gasteiger partial charge in [-0.05, 0) is 36.8 Å². The number of hydrogen-bond acceptors (Lipinski definition) is 2. The standard InChI is InChI=1S/C10H12ClNO/c11-9-4-7(5-12-6-9)3-8-1-2-10(8)13/h4-6,8,10,13H,1-3H2. The van der Waals surface area contributed by atoms with Crippen LogP contribution in [0.1, 0.15) is 18.4 Å². The topological polar surface area (TPSA) is 33.1 Å². The molecule has 0 saturated heterocycles. The van der Waals surface area contributed by atoms with Crippen molar-refractivity contribution in [2.24, 2.45) is 5.92 Å². The quantitative estimate of drug-likeness (QED) is 0.787. The van der Waals surface area contributed by atoms with Gasteiger partial charge < -0.3 is 5.11 Å². The zero-order valence-electron chi connectivity index (χ0n) is 7.28. The van der Waals surface area contributed by atoms with Crippen molar-refractivity contribution >= 4 is 11.6 Å². The van der Waals surface area contributed by atoms with Gasteiger partial charge in [0, 0.05) is 12.4 Å².